The van der Waals surface area contributed by atoms with E-state index in [0.29, 0.717) is 0 Å². The highest BCUT2D eigenvalue weighted by Gasteiger charge is 2.31. The lowest BCUT2D eigenvalue weighted by Gasteiger charge is -2.30. The van der Waals surface area contributed by atoms with Crippen LogP contribution in [-0.4, -0.2) is 50.3 Å². The molecule has 1 N–H and O–H groups in total. The average Bonchev–Trinajstić information content (AvgIpc) is 2.47. The molecule has 1 unspecified atom stereocenters. The van der Waals surface area contributed by atoms with Gasteiger partial charge in [-0.1, -0.05) is 30.3 Å². The molecule has 0 amide bonds. The van der Waals surface area contributed by atoms with Crippen molar-refractivity contribution < 1.29 is 13.5 Å². The quantitative estimate of drug-likeness (QED) is 0.865. The highest BCUT2D eigenvalue weighted by molar-refractivity contribution is 5.20. The Kier molecular flexibility index (Phi) is 5.46. The molecule has 5 heteroatoms. The lowest BCUT2D eigenvalue weighted by atomic mass is 10.1. The lowest BCUT2D eigenvalue weighted by Crippen LogP contribution is -2.46. The van der Waals surface area contributed by atoms with E-state index in [9.17, 15) is 8.78 Å². The van der Waals surface area contributed by atoms with Crippen LogP contribution in [0.1, 0.15) is 12.5 Å². The van der Waals surface area contributed by atoms with Crippen LogP contribution in [0, 0.1) is 0 Å². The van der Waals surface area contributed by atoms with Gasteiger partial charge in [0.25, 0.3) is 5.92 Å². The zero-order valence-corrected chi connectivity index (χ0v) is 11.8. The third-order valence-corrected chi connectivity index (χ3v) is 3.50. The number of hydrogen-bond donors (Lipinski definition) is 1. The molecule has 112 valence electrons. The zero-order chi connectivity index (χ0) is 14.4. The second kappa shape index (κ2) is 7.11. The summed E-state index contributed by atoms with van der Waals surface area (Å²) in [6.45, 7) is 5.59. The molecule has 0 bridgehead atoms. The zero-order valence-electron chi connectivity index (χ0n) is 11.8. The summed E-state index contributed by atoms with van der Waals surface area (Å²) in [5, 5.41) is 2.94. The first-order chi connectivity index (χ1) is 9.58. The van der Waals surface area contributed by atoms with Crippen molar-refractivity contribution in [2.45, 2.75) is 18.9 Å². The third-order valence-electron chi connectivity index (χ3n) is 3.50. The molecule has 1 aliphatic rings. The van der Waals surface area contributed by atoms with Gasteiger partial charge in [0.15, 0.2) is 0 Å². The number of halogens is 2. The molecule has 1 atom stereocenters. The molecule has 20 heavy (non-hydrogen) atoms. The molecule has 0 aliphatic carbocycles. The molecule has 0 aromatic heterocycles. The topological polar surface area (TPSA) is 24.5 Å². The Morgan fingerprint density at radius 3 is 2.55 bits per heavy atom. The number of morpholine rings is 1. The van der Waals surface area contributed by atoms with Crippen LogP contribution in [0.2, 0.25) is 0 Å². The number of nitrogens with one attached hydrogen (secondary N) is 1. The molecule has 1 aromatic carbocycles. The Morgan fingerprint density at radius 1 is 1.25 bits per heavy atom. The third kappa shape index (κ3) is 4.51. The van der Waals surface area contributed by atoms with E-state index >= 15 is 0 Å². The summed E-state index contributed by atoms with van der Waals surface area (Å²) < 4.78 is 33.3. The maximum absolute atomic E-state index is 14.0. The van der Waals surface area contributed by atoms with Crippen molar-refractivity contribution in [3.63, 3.8) is 0 Å². The Bertz CT molecular complexity index is 394. The highest BCUT2D eigenvalue weighted by atomic mass is 19.3. The smallest absolute Gasteiger partial charge is 0.285 e. The molecule has 3 nitrogen and oxygen atoms in total. The minimum absolute atomic E-state index is 0.0303. The summed E-state index contributed by atoms with van der Waals surface area (Å²) in [5.41, 5.74) is 0.0612. The molecule has 0 spiro atoms. The van der Waals surface area contributed by atoms with Crippen LogP contribution in [0.3, 0.4) is 0 Å². The standard InChI is InChI=1S/C15H22F2N2O/c1-13(11-19-7-9-20-10-8-19)18-12-15(16,17)14-5-3-2-4-6-14/h2-6,13,18H,7-12H2,1H3. The van der Waals surface area contributed by atoms with E-state index in [4.69, 9.17) is 4.74 Å². The van der Waals surface area contributed by atoms with Gasteiger partial charge in [-0.05, 0) is 6.92 Å². The minimum atomic E-state index is -2.83. The van der Waals surface area contributed by atoms with Gasteiger partial charge in [-0.3, -0.25) is 4.90 Å². The van der Waals surface area contributed by atoms with Crippen LogP contribution < -0.4 is 5.32 Å². The van der Waals surface area contributed by atoms with E-state index in [1.54, 1.807) is 18.2 Å². The second-order valence-corrected chi connectivity index (χ2v) is 5.27. The van der Waals surface area contributed by atoms with Gasteiger partial charge in [0, 0.05) is 31.2 Å². The van der Waals surface area contributed by atoms with Crippen LogP contribution in [-0.2, 0) is 10.7 Å². The first kappa shape index (κ1) is 15.4. The van der Waals surface area contributed by atoms with Crippen LogP contribution in [0.25, 0.3) is 0 Å². The van der Waals surface area contributed by atoms with Crippen molar-refractivity contribution >= 4 is 0 Å². The Labute approximate surface area is 118 Å². The van der Waals surface area contributed by atoms with Gasteiger partial charge in [-0.2, -0.15) is 8.78 Å². The van der Waals surface area contributed by atoms with Crippen LogP contribution >= 0.6 is 0 Å². The van der Waals surface area contributed by atoms with Crippen molar-refractivity contribution in [2.24, 2.45) is 0 Å². The number of nitrogens with zero attached hydrogens (tertiary/aromatic N) is 1. The fourth-order valence-electron chi connectivity index (χ4n) is 2.32. The maximum atomic E-state index is 14.0. The number of hydrogen-bond acceptors (Lipinski definition) is 3. The largest absolute Gasteiger partial charge is 0.379 e. The molecule has 0 radical (unpaired) electrons. The van der Waals surface area contributed by atoms with Crippen molar-refractivity contribution in [3.05, 3.63) is 35.9 Å². The molecular formula is C15H22F2N2O. The number of ether oxygens (including phenoxy) is 1. The summed E-state index contributed by atoms with van der Waals surface area (Å²) in [6.07, 6.45) is 0. The van der Waals surface area contributed by atoms with Gasteiger partial charge >= 0.3 is 0 Å². The predicted octanol–water partition coefficient (Wildman–Crippen LogP) is 2.09. The van der Waals surface area contributed by atoms with Gasteiger partial charge in [0.2, 0.25) is 0 Å². The van der Waals surface area contributed by atoms with Crippen molar-refractivity contribution in [2.75, 3.05) is 39.4 Å². The van der Waals surface area contributed by atoms with Crippen LogP contribution in [0.4, 0.5) is 8.78 Å². The minimum Gasteiger partial charge on any atom is -0.379 e. The maximum Gasteiger partial charge on any atom is 0.285 e. The van der Waals surface area contributed by atoms with Gasteiger partial charge in [0.1, 0.15) is 0 Å². The van der Waals surface area contributed by atoms with Gasteiger partial charge in [-0.25, -0.2) is 0 Å². The van der Waals surface area contributed by atoms with Crippen molar-refractivity contribution in [3.8, 4) is 0 Å². The SMILES string of the molecule is CC(CN1CCOCC1)NCC(F)(F)c1ccccc1. The van der Waals surface area contributed by atoms with Crippen molar-refractivity contribution in [1.82, 2.24) is 10.2 Å². The van der Waals surface area contributed by atoms with E-state index in [-0.39, 0.29) is 18.2 Å². The fraction of sp³-hybridized carbons (Fsp3) is 0.600. The molecule has 1 aromatic rings. The number of rotatable bonds is 6. The molecule has 1 heterocycles. The average molecular weight is 284 g/mol. The normalized spacial score (nSPS) is 18.9. The van der Waals surface area contributed by atoms with Gasteiger partial charge in [-0.15, -0.1) is 0 Å². The molecule has 1 fully saturated rings. The van der Waals surface area contributed by atoms with Crippen LogP contribution in [0.5, 0.6) is 0 Å². The van der Waals surface area contributed by atoms with E-state index < -0.39 is 5.92 Å². The fourth-order valence-corrected chi connectivity index (χ4v) is 2.32. The molecular weight excluding hydrogens is 262 g/mol. The number of alkyl halides is 2. The first-order valence-corrected chi connectivity index (χ1v) is 7.05. The van der Waals surface area contributed by atoms with Gasteiger partial charge < -0.3 is 10.1 Å². The van der Waals surface area contributed by atoms with E-state index in [1.165, 1.54) is 12.1 Å². The lowest BCUT2D eigenvalue weighted by molar-refractivity contribution is -0.00855. The van der Waals surface area contributed by atoms with E-state index in [2.05, 4.69) is 10.2 Å². The van der Waals surface area contributed by atoms with E-state index in [0.717, 1.165) is 32.8 Å². The molecule has 1 saturated heterocycles. The van der Waals surface area contributed by atoms with E-state index in [1.807, 2.05) is 6.92 Å². The van der Waals surface area contributed by atoms with Crippen molar-refractivity contribution in [1.29, 1.82) is 0 Å². The second-order valence-electron chi connectivity index (χ2n) is 5.27. The summed E-state index contributed by atoms with van der Waals surface area (Å²) in [4.78, 5) is 2.24. The molecule has 1 aliphatic heterocycles. The van der Waals surface area contributed by atoms with Gasteiger partial charge in [0.05, 0.1) is 19.8 Å². The Morgan fingerprint density at radius 2 is 1.90 bits per heavy atom. The summed E-state index contributed by atoms with van der Waals surface area (Å²) in [5.74, 6) is -2.83. The number of benzene rings is 1. The monoisotopic (exact) mass is 284 g/mol. The summed E-state index contributed by atoms with van der Waals surface area (Å²) in [7, 11) is 0. The first-order valence-electron chi connectivity index (χ1n) is 7.05. The Balaban J connectivity index is 1.78. The Hall–Kier alpha value is -1.04. The van der Waals surface area contributed by atoms with Crippen LogP contribution in [0.15, 0.2) is 30.3 Å². The summed E-state index contributed by atoms with van der Waals surface area (Å²) >= 11 is 0. The predicted molar refractivity (Wildman–Crippen MR) is 75.1 cm³/mol. The molecule has 2 rings (SSSR count). The molecule has 0 saturated carbocycles. The summed E-state index contributed by atoms with van der Waals surface area (Å²) in [6, 6.07) is 7.99. The highest BCUT2D eigenvalue weighted by Crippen LogP contribution is 2.26.